The Morgan fingerprint density at radius 2 is 2.31 bits per heavy atom. The molecule has 1 aliphatic rings. The molecule has 0 radical (unpaired) electrons. The Bertz CT molecular complexity index is 353. The predicted molar refractivity (Wildman–Crippen MR) is 56.8 cm³/mol. The van der Waals surface area contributed by atoms with Crippen molar-refractivity contribution in [3.05, 3.63) is 18.0 Å². The van der Waals surface area contributed by atoms with Gasteiger partial charge in [0.1, 0.15) is 6.26 Å². The van der Waals surface area contributed by atoms with Gasteiger partial charge in [0.15, 0.2) is 0 Å². The fraction of sp³-hybridized carbons (Fsp3) is 0.636. The molecule has 5 heteroatoms. The van der Waals surface area contributed by atoms with Gasteiger partial charge in [-0.15, -0.1) is 0 Å². The summed E-state index contributed by atoms with van der Waals surface area (Å²) in [5, 5.41) is 12.7. The minimum Gasteiger partial charge on any atom is -0.481 e. The van der Waals surface area contributed by atoms with Crippen LogP contribution in [0, 0.1) is 5.41 Å². The van der Waals surface area contributed by atoms with Gasteiger partial charge < -0.3 is 9.63 Å². The average Bonchev–Trinajstić information content (AvgIpc) is 2.74. The van der Waals surface area contributed by atoms with E-state index in [1.165, 1.54) is 0 Å². The molecule has 1 N–H and O–H groups in total. The lowest BCUT2D eigenvalue weighted by molar-refractivity contribution is -0.150. The van der Waals surface area contributed by atoms with Crippen molar-refractivity contribution in [3.8, 4) is 0 Å². The lowest BCUT2D eigenvalue weighted by Crippen LogP contribution is -2.42. The van der Waals surface area contributed by atoms with E-state index in [0.29, 0.717) is 12.8 Å². The number of carboxylic acids is 1. The van der Waals surface area contributed by atoms with Crippen LogP contribution >= 0.6 is 0 Å². The van der Waals surface area contributed by atoms with Crippen molar-refractivity contribution in [1.29, 1.82) is 0 Å². The first-order valence-corrected chi connectivity index (χ1v) is 5.44. The molecule has 0 aliphatic carbocycles. The number of carboxylic acid groups (broad SMARTS) is 1. The Morgan fingerprint density at radius 1 is 1.62 bits per heavy atom. The first kappa shape index (κ1) is 11.1. The van der Waals surface area contributed by atoms with Crippen molar-refractivity contribution in [1.82, 2.24) is 10.1 Å². The van der Waals surface area contributed by atoms with Gasteiger partial charge in [0.2, 0.25) is 0 Å². The van der Waals surface area contributed by atoms with E-state index in [-0.39, 0.29) is 0 Å². The highest BCUT2D eigenvalue weighted by Gasteiger charge is 2.36. The van der Waals surface area contributed by atoms with E-state index >= 15 is 0 Å². The number of rotatable bonds is 3. The number of aliphatic carboxylic acids is 1. The molecule has 0 bridgehead atoms. The molecule has 0 aromatic carbocycles. The summed E-state index contributed by atoms with van der Waals surface area (Å²) in [6.07, 6.45) is 4.73. The third-order valence-electron chi connectivity index (χ3n) is 3.37. The van der Waals surface area contributed by atoms with E-state index in [2.05, 4.69) is 10.1 Å². The third kappa shape index (κ3) is 2.24. The summed E-state index contributed by atoms with van der Waals surface area (Å²) in [5.74, 6) is -0.683. The standard InChI is InChI=1S/C11H16N2O3/c1-11(10(14)15)2-4-13(5-3-11)7-9-6-12-16-8-9/h6,8H,2-5,7H2,1H3,(H,14,15). The van der Waals surface area contributed by atoms with Crippen LogP contribution in [0.1, 0.15) is 25.3 Å². The highest BCUT2D eigenvalue weighted by molar-refractivity contribution is 5.74. The van der Waals surface area contributed by atoms with Crippen molar-refractivity contribution < 1.29 is 14.4 Å². The van der Waals surface area contributed by atoms with Crippen molar-refractivity contribution in [3.63, 3.8) is 0 Å². The van der Waals surface area contributed by atoms with Crippen molar-refractivity contribution in [2.45, 2.75) is 26.3 Å². The van der Waals surface area contributed by atoms with Crippen LogP contribution in [0.3, 0.4) is 0 Å². The molecule has 1 aromatic rings. The second-order valence-electron chi connectivity index (χ2n) is 4.67. The number of hydrogen-bond donors (Lipinski definition) is 1. The van der Waals surface area contributed by atoms with E-state index < -0.39 is 11.4 Å². The molecule has 1 aliphatic heterocycles. The zero-order valence-electron chi connectivity index (χ0n) is 9.35. The van der Waals surface area contributed by atoms with E-state index in [1.807, 2.05) is 6.92 Å². The van der Waals surface area contributed by atoms with Crippen LogP contribution in [-0.4, -0.2) is 34.2 Å². The van der Waals surface area contributed by atoms with Gasteiger partial charge in [0.25, 0.3) is 0 Å². The van der Waals surface area contributed by atoms with Crippen LogP contribution in [-0.2, 0) is 11.3 Å². The summed E-state index contributed by atoms with van der Waals surface area (Å²) in [4.78, 5) is 13.3. The Morgan fingerprint density at radius 3 is 2.81 bits per heavy atom. The number of hydrogen-bond acceptors (Lipinski definition) is 4. The van der Waals surface area contributed by atoms with E-state index in [4.69, 9.17) is 9.63 Å². The van der Waals surface area contributed by atoms with E-state index in [9.17, 15) is 4.79 Å². The minimum absolute atomic E-state index is 0.550. The molecule has 0 unspecified atom stereocenters. The monoisotopic (exact) mass is 224 g/mol. The lowest BCUT2D eigenvalue weighted by Gasteiger charge is -2.36. The molecule has 88 valence electrons. The molecule has 0 saturated carbocycles. The highest BCUT2D eigenvalue weighted by atomic mass is 16.5. The fourth-order valence-electron chi connectivity index (χ4n) is 1.98. The van der Waals surface area contributed by atoms with Crippen molar-refractivity contribution >= 4 is 5.97 Å². The molecule has 1 aromatic heterocycles. The van der Waals surface area contributed by atoms with Crippen LogP contribution in [0.15, 0.2) is 17.0 Å². The molecule has 16 heavy (non-hydrogen) atoms. The average molecular weight is 224 g/mol. The first-order valence-electron chi connectivity index (χ1n) is 5.44. The van der Waals surface area contributed by atoms with Gasteiger partial charge in [-0.3, -0.25) is 9.69 Å². The summed E-state index contributed by atoms with van der Waals surface area (Å²) in [5.41, 5.74) is 0.490. The Kier molecular flexibility index (Phi) is 2.96. The maximum Gasteiger partial charge on any atom is 0.309 e. The summed E-state index contributed by atoms with van der Waals surface area (Å²) in [6.45, 7) is 4.24. The number of piperidine rings is 1. The van der Waals surface area contributed by atoms with E-state index in [0.717, 1.165) is 25.2 Å². The van der Waals surface area contributed by atoms with Crippen molar-refractivity contribution in [2.24, 2.45) is 5.41 Å². The van der Waals surface area contributed by atoms with Crippen LogP contribution in [0.2, 0.25) is 0 Å². The quantitative estimate of drug-likeness (QED) is 0.839. The smallest absolute Gasteiger partial charge is 0.309 e. The Labute approximate surface area is 94.0 Å². The summed E-state index contributed by atoms with van der Waals surface area (Å²) in [7, 11) is 0. The number of nitrogens with zero attached hydrogens (tertiary/aromatic N) is 2. The van der Waals surface area contributed by atoms with Gasteiger partial charge in [-0.05, 0) is 32.9 Å². The Hall–Kier alpha value is -1.36. The molecule has 0 amide bonds. The van der Waals surface area contributed by atoms with Gasteiger partial charge in [0, 0.05) is 12.1 Å². The first-order chi connectivity index (χ1) is 7.60. The highest BCUT2D eigenvalue weighted by Crippen LogP contribution is 2.31. The number of likely N-dealkylation sites (tertiary alicyclic amines) is 1. The molecule has 0 spiro atoms. The van der Waals surface area contributed by atoms with Crippen molar-refractivity contribution in [2.75, 3.05) is 13.1 Å². The van der Waals surface area contributed by atoms with Gasteiger partial charge in [0.05, 0.1) is 11.6 Å². The molecule has 0 atom stereocenters. The molecule has 2 rings (SSSR count). The van der Waals surface area contributed by atoms with Gasteiger partial charge in [-0.25, -0.2) is 0 Å². The second-order valence-corrected chi connectivity index (χ2v) is 4.67. The van der Waals surface area contributed by atoms with Crippen LogP contribution in [0.5, 0.6) is 0 Å². The van der Waals surface area contributed by atoms with Gasteiger partial charge in [-0.2, -0.15) is 0 Å². The molecule has 1 fully saturated rings. The van der Waals surface area contributed by atoms with Gasteiger partial charge >= 0.3 is 5.97 Å². The molecule has 1 saturated heterocycles. The second kappa shape index (κ2) is 4.25. The molecule has 2 heterocycles. The van der Waals surface area contributed by atoms with Crippen LogP contribution in [0.4, 0.5) is 0 Å². The fourth-order valence-corrected chi connectivity index (χ4v) is 1.98. The molecular formula is C11H16N2O3. The van der Waals surface area contributed by atoms with E-state index in [1.54, 1.807) is 12.5 Å². The van der Waals surface area contributed by atoms with Crippen LogP contribution < -0.4 is 0 Å². The minimum atomic E-state index is -0.683. The third-order valence-corrected chi connectivity index (χ3v) is 3.37. The number of aromatic nitrogens is 1. The Balaban J connectivity index is 1.88. The molecular weight excluding hydrogens is 208 g/mol. The summed E-state index contributed by atoms with van der Waals surface area (Å²) in [6, 6.07) is 0. The molecule has 5 nitrogen and oxygen atoms in total. The topological polar surface area (TPSA) is 66.6 Å². The SMILES string of the molecule is CC1(C(=O)O)CCN(Cc2cnoc2)CC1. The zero-order chi connectivity index (χ0) is 11.6. The normalized spacial score (nSPS) is 20.8. The lowest BCUT2D eigenvalue weighted by atomic mass is 9.80. The summed E-state index contributed by atoms with van der Waals surface area (Å²) < 4.78 is 4.76. The number of carbonyl (C=O) groups is 1. The zero-order valence-corrected chi connectivity index (χ0v) is 9.35. The van der Waals surface area contributed by atoms with Gasteiger partial charge in [-0.1, -0.05) is 5.16 Å². The maximum absolute atomic E-state index is 11.1. The van der Waals surface area contributed by atoms with Crippen LogP contribution in [0.25, 0.3) is 0 Å². The largest absolute Gasteiger partial charge is 0.481 e. The maximum atomic E-state index is 11.1. The predicted octanol–water partition coefficient (Wildman–Crippen LogP) is 1.36. The summed E-state index contributed by atoms with van der Waals surface area (Å²) >= 11 is 0.